The molecule has 1 rings (SSSR count). The lowest BCUT2D eigenvalue weighted by atomic mass is 10.1. The molecule has 0 aliphatic heterocycles. The monoisotopic (exact) mass is 190 g/mol. The van der Waals surface area contributed by atoms with Crippen LogP contribution >= 0.6 is 0 Å². The first-order chi connectivity index (χ1) is 6.79. The topological polar surface area (TPSA) is 0 Å². The highest BCUT2D eigenvalue weighted by molar-refractivity contribution is 5.35. The first-order valence-electron chi connectivity index (χ1n) is 5.51. The van der Waals surface area contributed by atoms with Crippen LogP contribution < -0.4 is 0 Å². The van der Waals surface area contributed by atoms with E-state index in [0.29, 0.717) is 0 Å². The van der Waals surface area contributed by atoms with Gasteiger partial charge in [-0.3, -0.25) is 0 Å². The third-order valence-electron chi connectivity index (χ3n) is 1.98. The molecule has 0 unspecified atom stereocenters. The van der Waals surface area contributed by atoms with Gasteiger partial charge in [0, 0.05) is 0 Å². The zero-order valence-corrected chi connectivity index (χ0v) is 9.77. The summed E-state index contributed by atoms with van der Waals surface area (Å²) in [4.78, 5) is 0. The SMILES string of the molecule is C=CC1=C(C=C=CC)CCC1.CCC. The molecule has 78 valence electrons. The lowest BCUT2D eigenvalue weighted by Crippen LogP contribution is -1.72. The molecule has 0 aromatic rings. The van der Waals surface area contributed by atoms with Crippen molar-refractivity contribution >= 4 is 0 Å². The molecule has 0 bridgehead atoms. The fraction of sp³-hybridized carbons (Fsp3) is 0.500. The second kappa shape index (κ2) is 8.59. The Balaban J connectivity index is 0.000000500. The Bertz CT molecular complexity index is 247. The summed E-state index contributed by atoms with van der Waals surface area (Å²) in [6.07, 6.45) is 10.9. The summed E-state index contributed by atoms with van der Waals surface area (Å²) in [6, 6.07) is 0. The van der Waals surface area contributed by atoms with Crippen molar-refractivity contribution < 1.29 is 0 Å². The van der Waals surface area contributed by atoms with Gasteiger partial charge in [-0.2, -0.15) is 0 Å². The van der Waals surface area contributed by atoms with E-state index in [2.05, 4.69) is 32.2 Å². The Morgan fingerprint density at radius 1 is 1.29 bits per heavy atom. The lowest BCUT2D eigenvalue weighted by molar-refractivity contribution is 0.906. The Hall–Kier alpha value is -1.00. The number of rotatable bonds is 2. The maximum Gasteiger partial charge on any atom is -0.0168 e. The third-order valence-corrected chi connectivity index (χ3v) is 1.98. The first-order valence-corrected chi connectivity index (χ1v) is 5.51. The molecular formula is C14H22. The van der Waals surface area contributed by atoms with Gasteiger partial charge in [-0.15, -0.1) is 5.73 Å². The predicted octanol–water partition coefficient (Wildman–Crippen LogP) is 4.80. The van der Waals surface area contributed by atoms with Gasteiger partial charge in [-0.05, 0) is 49.5 Å². The van der Waals surface area contributed by atoms with Crippen molar-refractivity contribution in [1.29, 1.82) is 0 Å². The van der Waals surface area contributed by atoms with E-state index in [9.17, 15) is 0 Å². The van der Waals surface area contributed by atoms with Crippen LogP contribution in [0.1, 0.15) is 46.5 Å². The van der Waals surface area contributed by atoms with E-state index in [4.69, 9.17) is 0 Å². The van der Waals surface area contributed by atoms with Crippen molar-refractivity contribution in [2.75, 3.05) is 0 Å². The summed E-state index contributed by atoms with van der Waals surface area (Å²) in [5.74, 6) is 0. The van der Waals surface area contributed by atoms with Crippen molar-refractivity contribution in [3.63, 3.8) is 0 Å². The molecule has 1 aliphatic rings. The zero-order valence-electron chi connectivity index (χ0n) is 9.77. The van der Waals surface area contributed by atoms with Crippen LogP contribution in [0.25, 0.3) is 0 Å². The van der Waals surface area contributed by atoms with Gasteiger partial charge in [0.15, 0.2) is 0 Å². The van der Waals surface area contributed by atoms with Crippen LogP contribution in [0.3, 0.4) is 0 Å². The summed E-state index contributed by atoms with van der Waals surface area (Å²) < 4.78 is 0. The average Bonchev–Trinajstić information content (AvgIpc) is 2.63. The molecule has 0 heteroatoms. The predicted molar refractivity (Wildman–Crippen MR) is 65.4 cm³/mol. The molecule has 0 fully saturated rings. The highest BCUT2D eigenvalue weighted by atomic mass is 14.1. The van der Waals surface area contributed by atoms with Crippen molar-refractivity contribution in [3.05, 3.63) is 41.7 Å². The van der Waals surface area contributed by atoms with Gasteiger partial charge >= 0.3 is 0 Å². The molecule has 0 spiro atoms. The second-order valence-electron chi connectivity index (χ2n) is 3.41. The molecule has 0 heterocycles. The van der Waals surface area contributed by atoms with Crippen LogP contribution in [0.15, 0.2) is 41.7 Å². The van der Waals surface area contributed by atoms with E-state index < -0.39 is 0 Å². The molecular weight excluding hydrogens is 168 g/mol. The summed E-state index contributed by atoms with van der Waals surface area (Å²) in [6.45, 7) is 10.0. The van der Waals surface area contributed by atoms with Gasteiger partial charge in [-0.1, -0.05) is 32.9 Å². The number of allylic oxidation sites excluding steroid dienone is 4. The van der Waals surface area contributed by atoms with Gasteiger partial charge < -0.3 is 0 Å². The fourth-order valence-corrected chi connectivity index (χ4v) is 1.37. The standard InChI is InChI=1S/C11H14.C3H8/c1-3-5-7-11-9-6-8-10(11)4-2;1-3-2/h3-4,7H,2,6,8-9H2,1H3;3H2,1-2H3. The molecule has 0 nitrogen and oxygen atoms in total. The first kappa shape index (κ1) is 13.0. The van der Waals surface area contributed by atoms with Gasteiger partial charge in [-0.25, -0.2) is 0 Å². The Morgan fingerprint density at radius 3 is 2.36 bits per heavy atom. The molecule has 0 saturated heterocycles. The summed E-state index contributed by atoms with van der Waals surface area (Å²) in [7, 11) is 0. The van der Waals surface area contributed by atoms with E-state index in [1.807, 2.05) is 19.1 Å². The maximum absolute atomic E-state index is 3.79. The van der Waals surface area contributed by atoms with Crippen molar-refractivity contribution in [1.82, 2.24) is 0 Å². The Labute approximate surface area is 88.7 Å². The molecule has 0 amide bonds. The average molecular weight is 190 g/mol. The van der Waals surface area contributed by atoms with E-state index in [-0.39, 0.29) is 0 Å². The lowest BCUT2D eigenvalue weighted by Gasteiger charge is -1.92. The van der Waals surface area contributed by atoms with E-state index in [1.54, 1.807) is 0 Å². The molecule has 0 N–H and O–H groups in total. The van der Waals surface area contributed by atoms with Gasteiger partial charge in [0.2, 0.25) is 0 Å². The normalized spacial score (nSPS) is 13.9. The maximum atomic E-state index is 3.79. The summed E-state index contributed by atoms with van der Waals surface area (Å²) in [5.41, 5.74) is 5.92. The summed E-state index contributed by atoms with van der Waals surface area (Å²) >= 11 is 0. The van der Waals surface area contributed by atoms with Gasteiger partial charge in [0.25, 0.3) is 0 Å². The fourth-order valence-electron chi connectivity index (χ4n) is 1.37. The Morgan fingerprint density at radius 2 is 1.86 bits per heavy atom. The van der Waals surface area contributed by atoms with Gasteiger partial charge in [0.1, 0.15) is 0 Å². The van der Waals surface area contributed by atoms with Crippen LogP contribution in [0.2, 0.25) is 0 Å². The van der Waals surface area contributed by atoms with E-state index >= 15 is 0 Å². The van der Waals surface area contributed by atoms with Crippen LogP contribution in [0, 0.1) is 0 Å². The number of hydrogen-bond donors (Lipinski definition) is 0. The van der Waals surface area contributed by atoms with Crippen molar-refractivity contribution in [2.24, 2.45) is 0 Å². The molecule has 0 saturated carbocycles. The molecule has 0 radical (unpaired) electrons. The van der Waals surface area contributed by atoms with Crippen LogP contribution in [-0.2, 0) is 0 Å². The molecule has 0 atom stereocenters. The third kappa shape index (κ3) is 4.89. The van der Waals surface area contributed by atoms with Crippen LogP contribution in [0.5, 0.6) is 0 Å². The molecule has 14 heavy (non-hydrogen) atoms. The van der Waals surface area contributed by atoms with Crippen molar-refractivity contribution in [3.8, 4) is 0 Å². The summed E-state index contributed by atoms with van der Waals surface area (Å²) in [5, 5.41) is 0. The minimum atomic E-state index is 1.20. The Kier molecular flexibility index (Phi) is 7.98. The highest BCUT2D eigenvalue weighted by Crippen LogP contribution is 2.26. The highest BCUT2D eigenvalue weighted by Gasteiger charge is 2.08. The van der Waals surface area contributed by atoms with Crippen molar-refractivity contribution in [2.45, 2.75) is 46.5 Å². The van der Waals surface area contributed by atoms with Gasteiger partial charge in [0.05, 0.1) is 0 Å². The molecule has 0 aromatic carbocycles. The van der Waals surface area contributed by atoms with E-state index in [1.165, 1.54) is 36.8 Å². The molecule has 0 aromatic heterocycles. The quantitative estimate of drug-likeness (QED) is 0.549. The minimum absolute atomic E-state index is 1.20. The largest absolute Gasteiger partial charge is 0.125 e. The number of hydrogen-bond acceptors (Lipinski definition) is 0. The van der Waals surface area contributed by atoms with Crippen LogP contribution in [0.4, 0.5) is 0 Å². The second-order valence-corrected chi connectivity index (χ2v) is 3.41. The zero-order chi connectivity index (χ0) is 10.8. The molecule has 1 aliphatic carbocycles. The van der Waals surface area contributed by atoms with Crippen LogP contribution in [-0.4, -0.2) is 0 Å². The van der Waals surface area contributed by atoms with E-state index in [0.717, 1.165) is 0 Å². The smallest absolute Gasteiger partial charge is 0.0168 e. The minimum Gasteiger partial charge on any atom is -0.125 e.